The van der Waals surface area contributed by atoms with Gasteiger partial charge in [-0.15, -0.1) is 339 Å². The number of rotatable bonds is 37. The summed E-state index contributed by atoms with van der Waals surface area (Å²) in [6.07, 6.45) is 0. The van der Waals surface area contributed by atoms with Gasteiger partial charge in [-0.2, -0.15) is 0 Å². The van der Waals surface area contributed by atoms with Crippen molar-refractivity contribution in [1.29, 1.82) is 0 Å². The molecule has 0 aromatic rings. The number of hydrogen-bond donors (Lipinski definition) is 0. The van der Waals surface area contributed by atoms with Gasteiger partial charge in [-0.25, -0.2) is 0 Å². The summed E-state index contributed by atoms with van der Waals surface area (Å²) in [7, 11) is 149. The highest BCUT2D eigenvalue weighted by atomic mass is 33.6. The molecule has 0 aromatic heterocycles. The Bertz CT molecular complexity index is 1160. The molecule has 0 aliphatic heterocycles. The zero-order chi connectivity index (χ0) is 61.9. The van der Waals surface area contributed by atoms with Crippen LogP contribution in [0.5, 0.6) is 0 Å². The first kappa shape index (κ1) is 112. The maximum Gasteiger partial charge on any atom is -0.00000548 e. The average molecular weight is 2490 g/mol. The van der Waals surface area contributed by atoms with Crippen LogP contribution >= 0.6 is 623 Å². The van der Waals surface area contributed by atoms with Crippen molar-refractivity contribution in [3.05, 3.63) is 0 Å². The Morgan fingerprint density at radius 2 is 0.167 bits per heavy atom. The third kappa shape index (κ3) is 39.2. The molecule has 0 heterocycles. The van der Waals surface area contributed by atoms with Crippen LogP contribution in [0.2, 0.25) is 0 Å². The van der Waals surface area contributed by atoms with E-state index >= 15 is 0 Å². The topological polar surface area (TPSA) is 0 Å². The lowest BCUT2D eigenvalue weighted by Crippen LogP contribution is -1.75. The van der Waals surface area contributed by atoms with Crippen molar-refractivity contribution in [2.45, 2.75) is 0 Å². The largest absolute Gasteiger partial charge is 0.102 e. The quantitative estimate of drug-likeness (QED) is 0.0544. The van der Waals surface area contributed by atoms with E-state index in [0.717, 1.165) is 0 Å². The second kappa shape index (κ2) is 60.9. The molecule has 0 spiro atoms. The van der Waals surface area contributed by atoms with E-state index in [1.54, 1.807) is 0 Å². The average Bonchev–Trinajstić information content (AvgIpc) is 3.20. The van der Waals surface area contributed by atoms with Crippen molar-refractivity contribution in [3.8, 4) is 0 Å². The summed E-state index contributed by atoms with van der Waals surface area (Å²) in [4.78, 5) is 0. The first-order valence-electron chi connectivity index (χ1n) is 17.7. The van der Waals surface area contributed by atoms with Gasteiger partial charge in [0.15, 0.2) is 0 Å². The highest BCUT2D eigenvalue weighted by Gasteiger charge is 2.64. The zero-order valence-electron chi connectivity index (χ0n) is 39.9. The molecule has 0 rings (SSSR count). The monoisotopic (exact) mass is 2490 g/mol. The molecule has 0 saturated carbocycles. The molecule has 0 amide bonds. The smallest absolute Gasteiger partial charge is 0.00000548 e. The molecule has 0 saturated heterocycles. The van der Waals surface area contributed by atoms with Crippen molar-refractivity contribution < 1.29 is 0 Å². The van der Waals surface area contributed by atoms with Gasteiger partial charge < -0.3 is 0 Å². The van der Waals surface area contributed by atoms with Gasteiger partial charge in [0.25, 0.3) is 0 Å². The molecule has 0 aliphatic carbocycles. The van der Waals surface area contributed by atoms with Gasteiger partial charge in [0.05, 0.1) is 0 Å². The second-order valence-corrected chi connectivity index (χ2v) is 334. The third-order valence-corrected chi connectivity index (χ3v) is 553. The Hall–Kier alpha value is 33.5. The van der Waals surface area contributed by atoms with Crippen LogP contribution in [-0.2, 0) is 0 Å². The Morgan fingerprint density at radius 1 is 0.103 bits per heavy atom. The van der Waals surface area contributed by atoms with E-state index in [1.165, 1.54) is 0 Å². The van der Waals surface area contributed by atoms with Crippen LogP contribution in [-0.4, -0.2) is 0 Å². The fourth-order valence-corrected chi connectivity index (χ4v) is 1150. The van der Waals surface area contributed by atoms with E-state index in [0.29, 0.717) is 0 Å². The minimum Gasteiger partial charge on any atom is -0.102 e. The predicted octanol–water partition coefficient (Wildman–Crippen LogP) is 46.3. The first-order valence-corrected chi connectivity index (χ1v) is 159. The summed E-state index contributed by atoms with van der Waals surface area (Å²) >= 11 is 0. The molecule has 0 N–H and O–H groups in total. The zero-order valence-corrected chi connectivity index (χ0v) is 120. The SMILES string of the molecule is [PH]P([PH])P(P(P)P)P(P(P(P)P)P(P)P)P(P(P(P(P)P)P(P)P)P(P(P)P)P(P)P)P(P(P(P(P)P)P(P)P)P(P(P)P)P(P)P)P(P(P(P(P)P)P(P)P)P(P(P)P)P(P)P)P(P(P(P)P)P(P)P)P(P(P)P)P(P)P. The molecule has 0 aliphatic rings. The fraction of sp³-hybridized carbons (Fsp3) is 0. The highest BCUT2D eigenvalue weighted by molar-refractivity contribution is 9.58. The van der Waals surface area contributed by atoms with Crippen LogP contribution in [0.25, 0.3) is 0 Å². The molecule has 42 atom stereocenters. The molecule has 468 valence electrons. The Morgan fingerprint density at radius 3 is 0.231 bits per heavy atom. The van der Waals surface area contributed by atoms with Crippen LogP contribution in [0.1, 0.15) is 0 Å². The van der Waals surface area contributed by atoms with Gasteiger partial charge in [-0.1, -0.05) is 17.9 Å². The standard InChI is InChI=1S/H78P78/c1-41(2)61(42(3)4)71(62(43(5)6)44(7)8)76(72(63(45(9)10)46(11)12)64(47(13)14)48(15)16)78(75(69(57(33)34)58(35)36)70(59(37)38)60(39)40)77(73(65(49(17)18)50(19)20)66(51(21)22)52(23)24)74(67(53(25)26)54(27)28)68(55(29)30)56(31)32/h1-2H,3-40H2. The van der Waals surface area contributed by atoms with Crippen LogP contribution < -0.4 is 0 Å². The summed E-state index contributed by atoms with van der Waals surface area (Å²) < 4.78 is 0. The molecule has 78 heavy (non-hydrogen) atoms. The summed E-state index contributed by atoms with van der Waals surface area (Å²) in [5.74, 6) is 0. The molecular formula is H78P78. The van der Waals surface area contributed by atoms with Crippen molar-refractivity contribution in [1.82, 2.24) is 0 Å². The summed E-state index contributed by atoms with van der Waals surface area (Å²) in [6.45, 7) is -13.8. The maximum atomic E-state index is 4.80. The normalized spacial score (nSPS) is 14.7. The molecule has 0 bridgehead atoms. The van der Waals surface area contributed by atoms with E-state index in [2.05, 4.69) is 339 Å². The molecule has 0 fully saturated rings. The van der Waals surface area contributed by atoms with Crippen LogP contribution in [0, 0.1) is 0 Å². The van der Waals surface area contributed by atoms with Crippen molar-refractivity contribution in [2.75, 3.05) is 0 Å². The molecular weight excluding hydrogens is 2420 g/mol. The Kier molecular flexibility index (Phi) is 87.1. The first-order chi connectivity index (χ1) is 35.4. The summed E-state index contributed by atoms with van der Waals surface area (Å²) in [5.41, 5.74) is 0. The van der Waals surface area contributed by atoms with Crippen LogP contribution in [0.15, 0.2) is 0 Å². The minimum atomic E-state index is -0.558. The minimum absolute atomic E-state index is 0.310. The second-order valence-electron chi connectivity index (χ2n) is 12.4. The van der Waals surface area contributed by atoms with Crippen LogP contribution in [0.4, 0.5) is 0 Å². The Labute approximate surface area is 612 Å². The molecule has 0 nitrogen and oxygen atoms in total. The van der Waals surface area contributed by atoms with E-state index in [9.17, 15) is 0 Å². The fourth-order valence-electron chi connectivity index (χ4n) is 4.73. The van der Waals surface area contributed by atoms with Gasteiger partial charge in [0.2, 0.25) is 0 Å². The van der Waals surface area contributed by atoms with E-state index in [1.807, 2.05) is 0 Å². The predicted molar refractivity (Wildman–Crippen MR) is 649 cm³/mol. The van der Waals surface area contributed by atoms with Gasteiger partial charge in [-0.3, -0.25) is 0 Å². The third-order valence-electron chi connectivity index (χ3n) is 6.82. The molecule has 2 radical (unpaired) electrons. The van der Waals surface area contributed by atoms with Crippen molar-refractivity contribution in [3.63, 3.8) is 0 Å². The van der Waals surface area contributed by atoms with Gasteiger partial charge in [0.1, 0.15) is 0 Å². The van der Waals surface area contributed by atoms with Crippen molar-refractivity contribution in [2.24, 2.45) is 0 Å². The van der Waals surface area contributed by atoms with Crippen LogP contribution in [0.3, 0.4) is 0 Å². The van der Waals surface area contributed by atoms with Gasteiger partial charge in [-0.05, 0) is 266 Å². The summed E-state index contributed by atoms with van der Waals surface area (Å²) in [5, 5.41) is 0. The lowest BCUT2D eigenvalue weighted by molar-refractivity contribution is 4.31. The molecule has 78 heteroatoms. The van der Waals surface area contributed by atoms with Crippen molar-refractivity contribution >= 4 is 623 Å². The highest BCUT2D eigenvalue weighted by Crippen LogP contribution is 3.52. The maximum absolute atomic E-state index is 4.80. The van der Waals surface area contributed by atoms with Gasteiger partial charge in [0, 0.05) is 0 Å². The lowest BCUT2D eigenvalue weighted by atomic mass is 28.4. The van der Waals surface area contributed by atoms with E-state index in [4.69, 9.17) is 17.9 Å². The Balaban J connectivity index is 12.5. The van der Waals surface area contributed by atoms with E-state index in [-0.39, 0.29) is 210 Å². The lowest BCUT2D eigenvalue weighted by Gasteiger charge is -2.62. The van der Waals surface area contributed by atoms with Gasteiger partial charge >= 0.3 is 0 Å². The molecule has 42 unspecified atom stereocenters. The summed E-state index contributed by atoms with van der Waals surface area (Å²) in [6, 6.07) is 0. The molecule has 0 aromatic carbocycles. The number of hydrogen-bond acceptors (Lipinski definition) is 0. The van der Waals surface area contributed by atoms with E-state index < -0.39 is 55.9 Å².